The molecule has 1 unspecified atom stereocenters. The quantitative estimate of drug-likeness (QED) is 0.233. The van der Waals surface area contributed by atoms with Crippen molar-refractivity contribution in [2.24, 2.45) is 0 Å². The van der Waals surface area contributed by atoms with E-state index in [9.17, 15) is 9.59 Å². The van der Waals surface area contributed by atoms with Crippen molar-refractivity contribution in [2.75, 3.05) is 0 Å². The third kappa shape index (κ3) is 4.72. The van der Waals surface area contributed by atoms with Gasteiger partial charge in [-0.1, -0.05) is 107 Å². The van der Waals surface area contributed by atoms with Crippen LogP contribution >= 0.6 is 15.9 Å². The number of rotatable bonds is 7. The molecule has 0 aliphatic heterocycles. The van der Waals surface area contributed by atoms with Crippen LogP contribution < -0.4 is 0 Å². The maximum Gasteiger partial charge on any atom is 0.331 e. The van der Waals surface area contributed by atoms with Crippen molar-refractivity contribution in [1.29, 1.82) is 0 Å². The Morgan fingerprint density at radius 1 is 0.741 bits per heavy atom. The molecule has 136 valence electrons. The Balaban J connectivity index is 1.86. The molecule has 4 heteroatoms. The highest BCUT2D eigenvalue weighted by molar-refractivity contribution is 9.10. The summed E-state index contributed by atoms with van der Waals surface area (Å²) in [5, 5.41) is 0. The average Bonchev–Trinajstić information content (AvgIpc) is 2.73. The number of hydrogen-bond donors (Lipinski definition) is 0. The van der Waals surface area contributed by atoms with E-state index in [4.69, 9.17) is 4.74 Å². The molecule has 3 aromatic rings. The summed E-state index contributed by atoms with van der Waals surface area (Å²) in [7, 11) is 0. The first kappa shape index (κ1) is 19.1. The lowest BCUT2D eigenvalue weighted by Gasteiger charge is -2.24. The number of carbonyl (C=O) groups is 2. The molecule has 3 nitrogen and oxygen atoms in total. The number of ketones is 1. The van der Waals surface area contributed by atoms with Gasteiger partial charge in [0, 0.05) is 12.0 Å². The van der Waals surface area contributed by atoms with E-state index in [-0.39, 0.29) is 18.8 Å². The third-order valence-corrected chi connectivity index (χ3v) is 5.19. The van der Waals surface area contributed by atoms with E-state index in [1.807, 2.05) is 66.7 Å². The summed E-state index contributed by atoms with van der Waals surface area (Å²) < 4.78 is 4.02. The Hall–Kier alpha value is -2.72. The van der Waals surface area contributed by atoms with Crippen molar-refractivity contribution < 1.29 is 14.3 Å². The van der Waals surface area contributed by atoms with E-state index in [0.29, 0.717) is 5.56 Å². The molecule has 0 amide bonds. The second-order valence-electron chi connectivity index (χ2n) is 6.22. The molecule has 0 heterocycles. The van der Waals surface area contributed by atoms with Crippen LogP contribution in [0.4, 0.5) is 0 Å². The summed E-state index contributed by atoms with van der Waals surface area (Å²) >= 11 is 3.44. The number of alkyl halides is 1. The third-order valence-electron chi connectivity index (χ3n) is 4.22. The Labute approximate surface area is 167 Å². The molecule has 0 aliphatic carbocycles. The number of hydrogen-bond acceptors (Lipinski definition) is 3. The standard InChI is InChI=1S/C23H19BrO3/c24-23(16-18-10-4-1-5-11-18,21(25)20-14-8-3-9-15-20)22(26)27-17-19-12-6-2-7-13-19/h1-15H,16-17H2. The maximum atomic E-state index is 13.2. The van der Waals surface area contributed by atoms with Crippen LogP contribution in [0.15, 0.2) is 91.0 Å². The number of Topliss-reactive ketones (excluding diaryl/α,β-unsaturated/α-hetero) is 1. The van der Waals surface area contributed by atoms with Crippen LogP contribution in [0.2, 0.25) is 0 Å². The van der Waals surface area contributed by atoms with Crippen LogP contribution in [-0.2, 0) is 22.6 Å². The second kappa shape index (κ2) is 8.78. The fourth-order valence-electron chi connectivity index (χ4n) is 2.78. The highest BCUT2D eigenvalue weighted by atomic mass is 79.9. The molecule has 0 aromatic heterocycles. The molecule has 0 radical (unpaired) electrons. The molecule has 0 N–H and O–H groups in total. The van der Waals surface area contributed by atoms with Gasteiger partial charge in [0.15, 0.2) is 10.1 Å². The lowest BCUT2D eigenvalue weighted by atomic mass is 9.91. The first-order valence-corrected chi connectivity index (χ1v) is 9.43. The molecule has 0 bridgehead atoms. The van der Waals surface area contributed by atoms with Crippen molar-refractivity contribution in [1.82, 2.24) is 0 Å². The van der Waals surface area contributed by atoms with Gasteiger partial charge in [0.25, 0.3) is 0 Å². The van der Waals surface area contributed by atoms with E-state index in [1.165, 1.54) is 0 Å². The number of ether oxygens (including phenoxy) is 1. The van der Waals surface area contributed by atoms with Crippen LogP contribution in [-0.4, -0.2) is 16.1 Å². The van der Waals surface area contributed by atoms with Gasteiger partial charge in [0.2, 0.25) is 0 Å². The van der Waals surface area contributed by atoms with Crippen molar-refractivity contribution in [3.8, 4) is 0 Å². The normalized spacial score (nSPS) is 12.8. The molecule has 27 heavy (non-hydrogen) atoms. The molecule has 0 fully saturated rings. The highest BCUT2D eigenvalue weighted by Crippen LogP contribution is 2.30. The zero-order chi connectivity index (χ0) is 19.1. The maximum absolute atomic E-state index is 13.2. The van der Waals surface area contributed by atoms with Gasteiger partial charge in [0.1, 0.15) is 6.61 Å². The van der Waals surface area contributed by atoms with Crippen LogP contribution in [0, 0.1) is 0 Å². The lowest BCUT2D eigenvalue weighted by molar-refractivity contribution is -0.146. The van der Waals surface area contributed by atoms with Crippen molar-refractivity contribution >= 4 is 27.7 Å². The zero-order valence-corrected chi connectivity index (χ0v) is 16.3. The average molecular weight is 423 g/mol. The molecule has 3 aromatic carbocycles. The fourth-order valence-corrected chi connectivity index (χ4v) is 3.45. The predicted molar refractivity (Wildman–Crippen MR) is 109 cm³/mol. The Morgan fingerprint density at radius 2 is 1.22 bits per heavy atom. The molecule has 0 saturated heterocycles. The van der Waals surface area contributed by atoms with E-state index in [2.05, 4.69) is 15.9 Å². The van der Waals surface area contributed by atoms with Gasteiger partial charge in [-0.3, -0.25) is 9.59 Å². The Morgan fingerprint density at radius 3 is 1.78 bits per heavy atom. The second-order valence-corrected chi connectivity index (χ2v) is 7.57. The number of benzene rings is 3. The van der Waals surface area contributed by atoms with E-state index >= 15 is 0 Å². The molecular formula is C23H19BrO3. The molecule has 0 aliphatic rings. The predicted octanol–water partition coefficient (Wildman–Crippen LogP) is 4.99. The fraction of sp³-hybridized carbons (Fsp3) is 0.130. The monoisotopic (exact) mass is 422 g/mol. The van der Waals surface area contributed by atoms with Crippen molar-refractivity contribution in [2.45, 2.75) is 17.4 Å². The van der Waals surface area contributed by atoms with Crippen LogP contribution in [0.1, 0.15) is 21.5 Å². The van der Waals surface area contributed by atoms with Crippen LogP contribution in [0.3, 0.4) is 0 Å². The topological polar surface area (TPSA) is 43.4 Å². The van der Waals surface area contributed by atoms with Gasteiger partial charge in [-0.15, -0.1) is 0 Å². The zero-order valence-electron chi connectivity index (χ0n) is 14.7. The molecule has 3 rings (SSSR count). The molecule has 0 spiro atoms. The van der Waals surface area contributed by atoms with Gasteiger partial charge in [-0.25, -0.2) is 0 Å². The number of carbonyl (C=O) groups excluding carboxylic acids is 2. The van der Waals surface area contributed by atoms with Crippen molar-refractivity contribution in [3.63, 3.8) is 0 Å². The van der Waals surface area contributed by atoms with Gasteiger partial charge >= 0.3 is 5.97 Å². The molecular weight excluding hydrogens is 404 g/mol. The first-order valence-electron chi connectivity index (χ1n) is 8.63. The summed E-state index contributed by atoms with van der Waals surface area (Å²) in [5.74, 6) is -0.908. The summed E-state index contributed by atoms with van der Waals surface area (Å²) in [6.07, 6.45) is 0.204. The number of esters is 1. The number of halogens is 1. The summed E-state index contributed by atoms with van der Waals surface area (Å²) in [6.45, 7) is 0.115. The van der Waals surface area contributed by atoms with Crippen molar-refractivity contribution in [3.05, 3.63) is 108 Å². The summed E-state index contributed by atoms with van der Waals surface area (Å²) in [4.78, 5) is 26.1. The van der Waals surface area contributed by atoms with Gasteiger partial charge < -0.3 is 4.74 Å². The van der Waals surface area contributed by atoms with Crippen LogP contribution in [0.5, 0.6) is 0 Å². The minimum atomic E-state index is -1.48. The van der Waals surface area contributed by atoms with Gasteiger partial charge in [-0.05, 0) is 11.1 Å². The first-order chi connectivity index (χ1) is 13.1. The minimum absolute atomic E-state index is 0.115. The Bertz CT molecular complexity index is 895. The smallest absolute Gasteiger partial charge is 0.331 e. The van der Waals surface area contributed by atoms with Gasteiger partial charge in [0.05, 0.1) is 0 Å². The van der Waals surface area contributed by atoms with E-state index in [1.54, 1.807) is 24.3 Å². The largest absolute Gasteiger partial charge is 0.459 e. The summed E-state index contributed by atoms with van der Waals surface area (Å²) in [6, 6.07) is 27.6. The van der Waals surface area contributed by atoms with Crippen LogP contribution in [0.25, 0.3) is 0 Å². The van der Waals surface area contributed by atoms with E-state index < -0.39 is 10.3 Å². The Kier molecular flexibility index (Phi) is 6.20. The molecule has 1 atom stereocenters. The highest BCUT2D eigenvalue weighted by Gasteiger charge is 2.45. The minimum Gasteiger partial charge on any atom is -0.459 e. The lowest BCUT2D eigenvalue weighted by Crippen LogP contribution is -2.44. The van der Waals surface area contributed by atoms with E-state index in [0.717, 1.165) is 11.1 Å². The summed E-state index contributed by atoms with van der Waals surface area (Å²) in [5.41, 5.74) is 2.20. The molecule has 0 saturated carbocycles. The SMILES string of the molecule is O=C(OCc1ccccc1)C(Br)(Cc1ccccc1)C(=O)c1ccccc1. The van der Waals surface area contributed by atoms with Gasteiger partial charge in [-0.2, -0.15) is 0 Å².